The summed E-state index contributed by atoms with van der Waals surface area (Å²) < 4.78 is 38.1. The Bertz CT molecular complexity index is 1130. The van der Waals surface area contributed by atoms with Crippen molar-refractivity contribution in [1.82, 2.24) is 0 Å². The summed E-state index contributed by atoms with van der Waals surface area (Å²) in [4.78, 5) is 21.6. The highest BCUT2D eigenvalue weighted by Gasteiger charge is 2.11. The van der Waals surface area contributed by atoms with Crippen LogP contribution >= 0.6 is 0 Å². The molecule has 30 heavy (non-hydrogen) atoms. The van der Waals surface area contributed by atoms with E-state index in [-0.39, 0.29) is 16.3 Å². The molecule has 0 radical (unpaired) electrons. The lowest BCUT2D eigenvalue weighted by Crippen LogP contribution is -2.26. The fourth-order valence-electron chi connectivity index (χ4n) is 2.14. The number of pyridine rings is 1. The molecule has 0 unspecified atom stereocenters. The second kappa shape index (κ2) is 9.72. The minimum Gasteiger partial charge on any atom is -0.744 e. The van der Waals surface area contributed by atoms with Crippen LogP contribution in [-0.4, -0.2) is 23.9 Å². The Kier molecular flexibility index (Phi) is 7.34. The number of non-ortho nitro benzene ring substituents is 1. The van der Waals surface area contributed by atoms with Gasteiger partial charge in [-0.05, 0) is 31.2 Å². The molecule has 3 rings (SSSR count). The second-order valence-corrected chi connectivity index (χ2v) is 7.54. The first-order chi connectivity index (χ1) is 14.1. The van der Waals surface area contributed by atoms with E-state index >= 15 is 0 Å². The van der Waals surface area contributed by atoms with Crippen LogP contribution in [0.3, 0.4) is 0 Å². The van der Waals surface area contributed by atoms with Crippen LogP contribution in [0.1, 0.15) is 15.9 Å². The molecular formula is C20H18N2O7S. The number of aryl methyl sites for hydroxylation is 2. The molecule has 1 aromatic heterocycles. The molecule has 1 heterocycles. The number of ether oxygens (including phenoxy) is 1. The monoisotopic (exact) mass is 430 g/mol. The van der Waals surface area contributed by atoms with Crippen molar-refractivity contribution in [2.45, 2.75) is 11.8 Å². The summed E-state index contributed by atoms with van der Waals surface area (Å²) in [5.41, 5.74) is 1.29. The maximum atomic E-state index is 11.8. The number of aromatic nitrogens is 1. The molecule has 10 heteroatoms. The number of carbonyl (C=O) groups is 1. The molecule has 0 bridgehead atoms. The smallest absolute Gasteiger partial charge is 0.343 e. The molecule has 0 N–H and O–H groups in total. The third-order valence-electron chi connectivity index (χ3n) is 3.78. The molecule has 0 amide bonds. The Morgan fingerprint density at radius 2 is 1.50 bits per heavy atom. The Morgan fingerprint density at radius 3 is 1.97 bits per heavy atom. The summed E-state index contributed by atoms with van der Waals surface area (Å²) >= 11 is 0. The summed E-state index contributed by atoms with van der Waals surface area (Å²) in [6.07, 6.45) is 3.46. The summed E-state index contributed by atoms with van der Waals surface area (Å²) in [5, 5.41) is 10.5. The van der Waals surface area contributed by atoms with Gasteiger partial charge in [0.25, 0.3) is 5.69 Å². The van der Waals surface area contributed by atoms with Gasteiger partial charge in [0.1, 0.15) is 22.9 Å². The molecule has 2 aromatic carbocycles. The van der Waals surface area contributed by atoms with Gasteiger partial charge in [-0.2, -0.15) is 0 Å². The number of nitro groups is 1. The van der Waals surface area contributed by atoms with Gasteiger partial charge in [-0.3, -0.25) is 10.1 Å². The number of hydrogen-bond acceptors (Lipinski definition) is 7. The van der Waals surface area contributed by atoms with Crippen LogP contribution < -0.4 is 9.30 Å². The molecule has 0 spiro atoms. The van der Waals surface area contributed by atoms with Crippen LogP contribution in [0, 0.1) is 17.0 Å². The Morgan fingerprint density at radius 1 is 0.967 bits per heavy atom. The zero-order chi connectivity index (χ0) is 22.3. The molecule has 0 fully saturated rings. The van der Waals surface area contributed by atoms with Gasteiger partial charge in [0.05, 0.1) is 15.4 Å². The van der Waals surface area contributed by atoms with E-state index in [4.69, 9.17) is 4.74 Å². The van der Waals surface area contributed by atoms with Crippen molar-refractivity contribution in [1.29, 1.82) is 0 Å². The van der Waals surface area contributed by atoms with Crippen LogP contribution in [0.2, 0.25) is 0 Å². The predicted octanol–water partition coefficient (Wildman–Crippen LogP) is 2.54. The van der Waals surface area contributed by atoms with Gasteiger partial charge in [-0.25, -0.2) is 17.8 Å². The lowest BCUT2D eigenvalue weighted by molar-refractivity contribution is -0.671. The third-order valence-corrected chi connectivity index (χ3v) is 4.63. The van der Waals surface area contributed by atoms with Crippen LogP contribution in [0.15, 0.2) is 78.0 Å². The van der Waals surface area contributed by atoms with Crippen molar-refractivity contribution in [3.8, 4) is 5.75 Å². The van der Waals surface area contributed by atoms with Crippen molar-refractivity contribution < 1.29 is 32.0 Å². The molecule has 0 atom stereocenters. The number of nitro benzene ring substituents is 1. The fraction of sp³-hybridized carbons (Fsp3) is 0.100. The first-order valence-corrected chi connectivity index (χ1v) is 9.91. The average Bonchev–Trinajstić information content (AvgIpc) is 2.69. The van der Waals surface area contributed by atoms with Gasteiger partial charge in [-0.1, -0.05) is 17.7 Å². The van der Waals surface area contributed by atoms with Gasteiger partial charge in [0.2, 0.25) is 0 Å². The maximum Gasteiger partial charge on any atom is 0.343 e. The summed E-state index contributed by atoms with van der Waals surface area (Å²) in [6, 6.07) is 14.4. The Hall–Kier alpha value is -3.63. The van der Waals surface area contributed by atoms with E-state index in [0.717, 1.165) is 5.56 Å². The van der Waals surface area contributed by atoms with Crippen molar-refractivity contribution in [2.24, 2.45) is 7.05 Å². The van der Waals surface area contributed by atoms with Gasteiger partial charge >= 0.3 is 5.97 Å². The SMILES string of the molecule is C[n+]1ccc(C(=O)Oc2ccc([N+](=O)[O-])cc2)cc1.Cc1ccc(S(=O)(=O)[O-])cc1. The number of rotatable bonds is 4. The largest absolute Gasteiger partial charge is 0.744 e. The molecule has 0 saturated carbocycles. The van der Waals surface area contributed by atoms with Crippen molar-refractivity contribution >= 4 is 21.8 Å². The Balaban J connectivity index is 0.000000248. The average molecular weight is 430 g/mol. The zero-order valence-corrected chi connectivity index (χ0v) is 16.9. The highest BCUT2D eigenvalue weighted by molar-refractivity contribution is 7.85. The fourth-order valence-corrected chi connectivity index (χ4v) is 2.61. The van der Waals surface area contributed by atoms with E-state index < -0.39 is 21.0 Å². The Labute approximate surface area is 173 Å². The summed E-state index contributed by atoms with van der Waals surface area (Å²) in [5.74, 6) is -0.238. The van der Waals surface area contributed by atoms with Gasteiger partial charge in [0, 0.05) is 24.3 Å². The molecule has 0 aliphatic carbocycles. The first-order valence-electron chi connectivity index (χ1n) is 8.51. The van der Waals surface area contributed by atoms with Gasteiger partial charge in [0.15, 0.2) is 12.4 Å². The number of hydrogen-bond donors (Lipinski definition) is 0. The number of benzene rings is 2. The van der Waals surface area contributed by atoms with E-state index in [1.54, 1.807) is 41.2 Å². The molecule has 9 nitrogen and oxygen atoms in total. The van der Waals surface area contributed by atoms with Crippen LogP contribution in [0.4, 0.5) is 5.69 Å². The summed E-state index contributed by atoms with van der Waals surface area (Å²) in [6.45, 7) is 1.82. The highest BCUT2D eigenvalue weighted by atomic mass is 32.2. The normalized spacial score (nSPS) is 10.5. The van der Waals surface area contributed by atoms with E-state index in [9.17, 15) is 27.9 Å². The molecule has 0 aliphatic heterocycles. The molecule has 0 saturated heterocycles. The third kappa shape index (κ3) is 6.76. The van der Waals surface area contributed by atoms with E-state index in [0.29, 0.717) is 5.56 Å². The first kappa shape index (κ1) is 22.7. The maximum absolute atomic E-state index is 11.8. The topological polar surface area (TPSA) is 131 Å². The molecule has 3 aromatic rings. The van der Waals surface area contributed by atoms with Crippen LogP contribution in [0.5, 0.6) is 5.75 Å². The molecule has 156 valence electrons. The molecule has 0 aliphatic rings. The standard InChI is InChI=1S/C13H11N2O4.C7H8O3S/c1-14-8-6-10(7-9-14)13(16)19-12-4-2-11(3-5-12)15(17)18;1-6-2-4-7(5-3-6)11(8,9)10/h2-9H,1H3;2-5H,1H3,(H,8,9,10)/q+1;/p-1. The van der Waals surface area contributed by atoms with Gasteiger partial charge in [-0.15, -0.1) is 0 Å². The van der Waals surface area contributed by atoms with Crippen LogP contribution in [-0.2, 0) is 17.2 Å². The van der Waals surface area contributed by atoms with Gasteiger partial charge < -0.3 is 9.29 Å². The number of esters is 1. The zero-order valence-electron chi connectivity index (χ0n) is 16.1. The highest BCUT2D eigenvalue weighted by Crippen LogP contribution is 2.18. The van der Waals surface area contributed by atoms with Crippen molar-refractivity contribution in [3.63, 3.8) is 0 Å². The van der Waals surface area contributed by atoms with E-state index in [1.807, 2.05) is 14.0 Å². The van der Waals surface area contributed by atoms with Crippen molar-refractivity contribution in [2.75, 3.05) is 0 Å². The second-order valence-electron chi connectivity index (χ2n) is 6.16. The quantitative estimate of drug-likeness (QED) is 0.155. The van der Waals surface area contributed by atoms with E-state index in [1.165, 1.54) is 36.4 Å². The number of nitrogens with zero attached hydrogens (tertiary/aromatic N) is 2. The predicted molar refractivity (Wildman–Crippen MR) is 105 cm³/mol. The van der Waals surface area contributed by atoms with Crippen molar-refractivity contribution in [3.05, 3.63) is 94.3 Å². The summed E-state index contributed by atoms with van der Waals surface area (Å²) in [7, 11) is -2.43. The lowest BCUT2D eigenvalue weighted by atomic mass is 10.2. The number of carbonyl (C=O) groups excluding carboxylic acids is 1. The minimum absolute atomic E-state index is 0.0495. The van der Waals surface area contributed by atoms with E-state index in [2.05, 4.69) is 0 Å². The van der Waals surface area contributed by atoms with Crippen LogP contribution in [0.25, 0.3) is 0 Å². The lowest BCUT2D eigenvalue weighted by Gasteiger charge is -2.05. The molecular weight excluding hydrogens is 412 g/mol. The minimum atomic E-state index is -4.27.